The number of aliphatic hydroxyl groups excluding tert-OH is 1. The third-order valence-corrected chi connectivity index (χ3v) is 4.44. The smallest absolute Gasteiger partial charge is 0.227 e. The van der Waals surface area contributed by atoms with E-state index in [1.807, 2.05) is 20.8 Å². The van der Waals surface area contributed by atoms with Crippen molar-refractivity contribution >= 4 is 29.1 Å². The van der Waals surface area contributed by atoms with Crippen LogP contribution < -0.4 is 5.32 Å². The van der Waals surface area contributed by atoms with Crippen LogP contribution in [0.25, 0.3) is 0 Å². The molecule has 5 heteroatoms. The molecule has 0 aliphatic rings. The maximum atomic E-state index is 12.3. The third-order valence-electron chi connectivity index (χ3n) is 3.71. The fourth-order valence-electron chi connectivity index (χ4n) is 1.91. The van der Waals surface area contributed by atoms with Gasteiger partial charge >= 0.3 is 0 Å². The summed E-state index contributed by atoms with van der Waals surface area (Å²) in [5.74, 6) is -0.407. The van der Waals surface area contributed by atoms with E-state index in [0.29, 0.717) is 16.5 Å². The van der Waals surface area contributed by atoms with Gasteiger partial charge in [0.1, 0.15) is 0 Å². The normalized spacial score (nSPS) is 15.5. The molecule has 0 aromatic heterocycles. The first kappa shape index (κ1) is 17.3. The quantitative estimate of drug-likeness (QED) is 0.839. The maximum absolute atomic E-state index is 12.3. The summed E-state index contributed by atoms with van der Waals surface area (Å²) in [6.45, 7) is 5.79. The molecule has 1 aromatic carbocycles. The van der Waals surface area contributed by atoms with Gasteiger partial charge in [0, 0.05) is 12.1 Å². The molecule has 20 heavy (non-hydrogen) atoms. The fraction of sp³-hybridized carbons (Fsp3) is 0.533. The molecule has 0 bridgehead atoms. The molecule has 2 unspecified atom stereocenters. The van der Waals surface area contributed by atoms with Crippen LogP contribution in [0.4, 0.5) is 0 Å². The Balaban J connectivity index is 2.83. The summed E-state index contributed by atoms with van der Waals surface area (Å²) < 4.78 is 0. The first-order valence-corrected chi connectivity index (χ1v) is 7.46. The molecule has 1 rings (SSSR count). The van der Waals surface area contributed by atoms with Crippen LogP contribution in [-0.2, 0) is 4.79 Å². The van der Waals surface area contributed by atoms with Gasteiger partial charge < -0.3 is 10.4 Å². The van der Waals surface area contributed by atoms with Crippen molar-refractivity contribution in [2.24, 2.45) is 0 Å². The molecule has 0 radical (unpaired) electrons. The van der Waals surface area contributed by atoms with Crippen molar-refractivity contribution in [1.82, 2.24) is 5.32 Å². The van der Waals surface area contributed by atoms with E-state index >= 15 is 0 Å². The first-order valence-electron chi connectivity index (χ1n) is 6.71. The summed E-state index contributed by atoms with van der Waals surface area (Å²) in [5.41, 5.74) is 0.426. The zero-order valence-corrected chi connectivity index (χ0v) is 13.6. The first-order chi connectivity index (χ1) is 9.33. The summed E-state index contributed by atoms with van der Waals surface area (Å²) in [5, 5.41) is 13.0. The number of rotatable bonds is 6. The maximum Gasteiger partial charge on any atom is 0.227 e. The topological polar surface area (TPSA) is 49.3 Å². The van der Waals surface area contributed by atoms with E-state index in [1.165, 1.54) is 0 Å². The number of benzene rings is 1. The van der Waals surface area contributed by atoms with E-state index < -0.39 is 5.54 Å². The van der Waals surface area contributed by atoms with E-state index in [9.17, 15) is 4.79 Å². The van der Waals surface area contributed by atoms with Crippen LogP contribution in [0.5, 0.6) is 0 Å². The summed E-state index contributed by atoms with van der Waals surface area (Å²) >= 11 is 11.9. The van der Waals surface area contributed by atoms with Crippen molar-refractivity contribution < 1.29 is 9.90 Å². The molecule has 0 saturated carbocycles. The molecule has 0 spiro atoms. The van der Waals surface area contributed by atoms with Gasteiger partial charge in [0.15, 0.2) is 0 Å². The number of hydrogen-bond donors (Lipinski definition) is 2. The van der Waals surface area contributed by atoms with Crippen molar-refractivity contribution in [2.75, 3.05) is 6.61 Å². The highest BCUT2D eigenvalue weighted by atomic mass is 35.5. The molecular weight excluding hydrogens is 297 g/mol. The summed E-state index contributed by atoms with van der Waals surface area (Å²) in [7, 11) is 0. The lowest BCUT2D eigenvalue weighted by Crippen LogP contribution is -2.47. The van der Waals surface area contributed by atoms with Crippen molar-refractivity contribution in [3.05, 3.63) is 33.8 Å². The zero-order chi connectivity index (χ0) is 15.3. The lowest BCUT2D eigenvalue weighted by Gasteiger charge is -2.30. The Labute approximate surface area is 130 Å². The molecule has 0 aliphatic carbocycles. The van der Waals surface area contributed by atoms with Crippen molar-refractivity contribution in [1.29, 1.82) is 0 Å². The number of carbonyl (C=O) groups excluding carboxylic acids is 1. The Morgan fingerprint density at radius 1 is 1.40 bits per heavy atom. The molecular formula is C15H21Cl2NO2. The number of amides is 1. The molecule has 1 aromatic rings. The average molecular weight is 318 g/mol. The molecule has 1 amide bonds. The van der Waals surface area contributed by atoms with E-state index in [0.717, 1.165) is 12.0 Å². The molecule has 0 heterocycles. The number of hydrogen-bond acceptors (Lipinski definition) is 2. The second kappa shape index (κ2) is 7.30. The lowest BCUT2D eigenvalue weighted by atomic mass is 9.92. The molecule has 2 atom stereocenters. The standard InChI is InChI=1S/C15H21Cl2NO2/c1-4-15(3,7-8-19)18-14(20)10(2)11-5-6-12(16)13(17)9-11/h5-6,9-10,19H,4,7-8H2,1-3H3,(H,18,20). The SMILES string of the molecule is CCC(C)(CCO)NC(=O)C(C)c1ccc(Cl)c(Cl)c1. The van der Waals surface area contributed by atoms with Gasteiger partial charge in [0.2, 0.25) is 5.91 Å². The molecule has 3 nitrogen and oxygen atoms in total. The van der Waals surface area contributed by atoms with Gasteiger partial charge in [-0.05, 0) is 44.4 Å². The number of aliphatic hydroxyl groups is 1. The van der Waals surface area contributed by atoms with Gasteiger partial charge in [-0.15, -0.1) is 0 Å². The Morgan fingerprint density at radius 3 is 2.55 bits per heavy atom. The van der Waals surface area contributed by atoms with E-state index in [2.05, 4.69) is 5.32 Å². The minimum atomic E-state index is -0.393. The zero-order valence-electron chi connectivity index (χ0n) is 12.0. The van der Waals surface area contributed by atoms with Crippen molar-refractivity contribution in [2.45, 2.75) is 45.1 Å². The van der Waals surface area contributed by atoms with Crippen molar-refractivity contribution in [3.8, 4) is 0 Å². The third kappa shape index (κ3) is 4.37. The number of nitrogens with one attached hydrogen (secondary N) is 1. The van der Waals surface area contributed by atoms with Gasteiger partial charge in [-0.1, -0.05) is 36.2 Å². The van der Waals surface area contributed by atoms with E-state index in [4.69, 9.17) is 28.3 Å². The average Bonchev–Trinajstić information content (AvgIpc) is 2.41. The number of halogens is 2. The molecule has 2 N–H and O–H groups in total. The lowest BCUT2D eigenvalue weighted by molar-refractivity contribution is -0.124. The van der Waals surface area contributed by atoms with E-state index in [1.54, 1.807) is 18.2 Å². The molecule has 0 aliphatic heterocycles. The van der Waals surface area contributed by atoms with Crippen LogP contribution in [0.15, 0.2) is 18.2 Å². The highest BCUT2D eigenvalue weighted by molar-refractivity contribution is 6.42. The monoisotopic (exact) mass is 317 g/mol. The summed E-state index contributed by atoms with van der Waals surface area (Å²) in [6, 6.07) is 5.20. The molecule has 0 fully saturated rings. The Kier molecular flexibility index (Phi) is 6.31. The van der Waals surface area contributed by atoms with Crippen LogP contribution in [-0.4, -0.2) is 23.2 Å². The second-order valence-corrected chi connectivity index (χ2v) is 6.09. The highest BCUT2D eigenvalue weighted by Gasteiger charge is 2.26. The minimum absolute atomic E-state index is 0.0474. The van der Waals surface area contributed by atoms with E-state index in [-0.39, 0.29) is 18.4 Å². The van der Waals surface area contributed by atoms with Crippen LogP contribution in [0, 0.1) is 0 Å². The Hall–Kier alpha value is -0.770. The minimum Gasteiger partial charge on any atom is -0.396 e. The second-order valence-electron chi connectivity index (χ2n) is 5.27. The van der Waals surface area contributed by atoms with Gasteiger partial charge in [-0.25, -0.2) is 0 Å². The summed E-state index contributed by atoms with van der Waals surface area (Å²) in [4.78, 5) is 12.3. The van der Waals surface area contributed by atoms with Crippen LogP contribution in [0.3, 0.4) is 0 Å². The Morgan fingerprint density at radius 2 is 2.05 bits per heavy atom. The Bertz CT molecular complexity index is 479. The van der Waals surface area contributed by atoms with Crippen LogP contribution in [0.2, 0.25) is 10.0 Å². The number of carbonyl (C=O) groups is 1. The highest BCUT2D eigenvalue weighted by Crippen LogP contribution is 2.27. The van der Waals surface area contributed by atoms with Gasteiger partial charge in [0.05, 0.1) is 16.0 Å². The molecule has 0 saturated heterocycles. The largest absolute Gasteiger partial charge is 0.396 e. The predicted molar refractivity (Wildman–Crippen MR) is 83.4 cm³/mol. The fourth-order valence-corrected chi connectivity index (χ4v) is 2.22. The van der Waals surface area contributed by atoms with Gasteiger partial charge in [-0.2, -0.15) is 0 Å². The van der Waals surface area contributed by atoms with Crippen LogP contribution >= 0.6 is 23.2 Å². The van der Waals surface area contributed by atoms with Gasteiger partial charge in [0.25, 0.3) is 0 Å². The predicted octanol–water partition coefficient (Wildman–Crippen LogP) is 3.76. The molecule has 112 valence electrons. The summed E-state index contributed by atoms with van der Waals surface area (Å²) in [6.07, 6.45) is 1.29. The van der Waals surface area contributed by atoms with Crippen molar-refractivity contribution in [3.63, 3.8) is 0 Å². The van der Waals surface area contributed by atoms with Gasteiger partial charge in [-0.3, -0.25) is 4.79 Å². The van der Waals surface area contributed by atoms with Crippen LogP contribution in [0.1, 0.15) is 45.1 Å².